The Labute approximate surface area is 119 Å². The lowest BCUT2D eigenvalue weighted by atomic mass is 9.88. The molecule has 20 heavy (non-hydrogen) atoms. The fourth-order valence-electron chi connectivity index (χ4n) is 2.19. The van der Waals surface area contributed by atoms with Crippen LogP contribution in [0.15, 0.2) is 42.7 Å². The van der Waals surface area contributed by atoms with E-state index in [-0.39, 0.29) is 0 Å². The second-order valence-corrected chi connectivity index (χ2v) is 5.01. The highest BCUT2D eigenvalue weighted by atomic mass is 15.0. The van der Waals surface area contributed by atoms with Gasteiger partial charge in [0.2, 0.25) is 0 Å². The summed E-state index contributed by atoms with van der Waals surface area (Å²) >= 11 is 0. The summed E-state index contributed by atoms with van der Waals surface area (Å²) in [5.41, 5.74) is 1.63. The Morgan fingerprint density at radius 3 is 2.50 bits per heavy atom. The van der Waals surface area contributed by atoms with E-state index >= 15 is 0 Å². The van der Waals surface area contributed by atoms with Gasteiger partial charge in [-0.15, -0.1) is 0 Å². The Kier molecular flexibility index (Phi) is 4.67. The molecule has 0 aliphatic rings. The number of benzene rings is 1. The maximum atomic E-state index is 9.02. The third kappa shape index (κ3) is 3.33. The van der Waals surface area contributed by atoms with Crippen LogP contribution in [0.1, 0.15) is 31.0 Å². The molecule has 1 N–H and O–H groups in total. The van der Waals surface area contributed by atoms with Crippen LogP contribution in [-0.2, 0) is 0 Å². The first-order valence-electron chi connectivity index (χ1n) is 6.72. The van der Waals surface area contributed by atoms with Gasteiger partial charge in [0.05, 0.1) is 0 Å². The standard InChI is InChI=1S/C16H18N4/c1-12(2)14(13-6-4-3-5-7-13)11-20-16-15(10-17)18-8-9-19-16/h3-9,12,14H,11H2,1-2H3,(H,19,20). The summed E-state index contributed by atoms with van der Waals surface area (Å²) in [4.78, 5) is 8.18. The third-order valence-electron chi connectivity index (χ3n) is 3.33. The van der Waals surface area contributed by atoms with Gasteiger partial charge in [-0.05, 0) is 11.5 Å². The number of nitriles is 1. The van der Waals surface area contributed by atoms with Crippen molar-refractivity contribution in [3.63, 3.8) is 0 Å². The molecule has 0 spiro atoms. The zero-order valence-electron chi connectivity index (χ0n) is 11.7. The van der Waals surface area contributed by atoms with Crippen molar-refractivity contribution in [1.82, 2.24) is 9.97 Å². The summed E-state index contributed by atoms with van der Waals surface area (Å²) in [5, 5.41) is 12.3. The number of rotatable bonds is 5. The van der Waals surface area contributed by atoms with Crippen LogP contribution in [-0.4, -0.2) is 16.5 Å². The topological polar surface area (TPSA) is 61.6 Å². The molecule has 0 aliphatic heterocycles. The van der Waals surface area contributed by atoms with Gasteiger partial charge in [0.1, 0.15) is 6.07 Å². The van der Waals surface area contributed by atoms with Gasteiger partial charge in [-0.25, -0.2) is 9.97 Å². The van der Waals surface area contributed by atoms with Crippen molar-refractivity contribution in [1.29, 1.82) is 5.26 Å². The number of aromatic nitrogens is 2. The van der Waals surface area contributed by atoms with E-state index in [0.29, 0.717) is 23.3 Å². The van der Waals surface area contributed by atoms with Gasteiger partial charge < -0.3 is 5.32 Å². The Bertz CT molecular complexity index is 587. The summed E-state index contributed by atoms with van der Waals surface area (Å²) in [5.74, 6) is 1.41. The van der Waals surface area contributed by atoms with E-state index in [1.54, 1.807) is 6.20 Å². The molecule has 1 heterocycles. The molecule has 0 saturated heterocycles. The van der Waals surface area contributed by atoms with Gasteiger partial charge >= 0.3 is 0 Å². The van der Waals surface area contributed by atoms with Gasteiger partial charge in [0.15, 0.2) is 11.5 Å². The highest BCUT2D eigenvalue weighted by Gasteiger charge is 2.16. The predicted octanol–water partition coefficient (Wildman–Crippen LogP) is 3.20. The molecule has 1 aromatic heterocycles. The number of nitrogens with one attached hydrogen (secondary N) is 1. The van der Waals surface area contributed by atoms with Gasteiger partial charge in [-0.1, -0.05) is 44.2 Å². The van der Waals surface area contributed by atoms with E-state index in [2.05, 4.69) is 47.3 Å². The molecule has 0 radical (unpaired) electrons. The zero-order valence-corrected chi connectivity index (χ0v) is 11.7. The lowest BCUT2D eigenvalue weighted by molar-refractivity contribution is 0.516. The van der Waals surface area contributed by atoms with Crippen molar-refractivity contribution < 1.29 is 0 Å². The van der Waals surface area contributed by atoms with E-state index in [1.165, 1.54) is 11.8 Å². The van der Waals surface area contributed by atoms with Crippen molar-refractivity contribution in [2.75, 3.05) is 11.9 Å². The summed E-state index contributed by atoms with van der Waals surface area (Å²) in [6, 6.07) is 12.4. The van der Waals surface area contributed by atoms with E-state index in [9.17, 15) is 0 Å². The second kappa shape index (κ2) is 6.67. The van der Waals surface area contributed by atoms with Crippen molar-refractivity contribution in [3.8, 4) is 6.07 Å². The minimum absolute atomic E-state index is 0.336. The van der Waals surface area contributed by atoms with E-state index in [1.807, 2.05) is 18.2 Å². The highest BCUT2D eigenvalue weighted by molar-refractivity contribution is 5.47. The maximum absolute atomic E-state index is 9.02. The minimum Gasteiger partial charge on any atom is -0.367 e. The number of hydrogen-bond acceptors (Lipinski definition) is 4. The molecule has 0 aliphatic carbocycles. The molecular weight excluding hydrogens is 248 g/mol. The van der Waals surface area contributed by atoms with E-state index in [4.69, 9.17) is 5.26 Å². The highest BCUT2D eigenvalue weighted by Crippen LogP contribution is 2.24. The minimum atomic E-state index is 0.336. The largest absolute Gasteiger partial charge is 0.367 e. The smallest absolute Gasteiger partial charge is 0.182 e. The molecule has 2 aromatic rings. The fourth-order valence-corrected chi connectivity index (χ4v) is 2.19. The van der Waals surface area contributed by atoms with Crippen LogP contribution in [0.3, 0.4) is 0 Å². The van der Waals surface area contributed by atoms with Crippen LogP contribution in [0.5, 0.6) is 0 Å². The molecule has 1 aromatic carbocycles. The third-order valence-corrected chi connectivity index (χ3v) is 3.33. The van der Waals surface area contributed by atoms with Gasteiger partial charge in [-0.2, -0.15) is 5.26 Å². The first-order chi connectivity index (χ1) is 9.72. The molecule has 2 rings (SSSR count). The SMILES string of the molecule is CC(C)C(CNc1nccnc1C#N)c1ccccc1. The van der Waals surface area contributed by atoms with Crippen LogP contribution in [0, 0.1) is 17.2 Å². The van der Waals surface area contributed by atoms with Gasteiger partial charge in [0, 0.05) is 24.9 Å². The Morgan fingerprint density at radius 1 is 1.15 bits per heavy atom. The van der Waals surface area contributed by atoms with E-state index in [0.717, 1.165) is 6.54 Å². The van der Waals surface area contributed by atoms with Crippen molar-refractivity contribution in [2.24, 2.45) is 5.92 Å². The molecular formula is C16H18N4. The van der Waals surface area contributed by atoms with E-state index < -0.39 is 0 Å². The quantitative estimate of drug-likeness (QED) is 0.902. The Balaban J connectivity index is 2.13. The Hall–Kier alpha value is -2.41. The van der Waals surface area contributed by atoms with Crippen LogP contribution in [0.2, 0.25) is 0 Å². The summed E-state index contributed by atoms with van der Waals surface area (Å²) in [7, 11) is 0. The van der Waals surface area contributed by atoms with Gasteiger partial charge in [-0.3, -0.25) is 0 Å². The average Bonchev–Trinajstić information content (AvgIpc) is 2.48. The summed E-state index contributed by atoms with van der Waals surface area (Å²) in [6.45, 7) is 5.12. The van der Waals surface area contributed by atoms with Crippen molar-refractivity contribution in [2.45, 2.75) is 19.8 Å². The van der Waals surface area contributed by atoms with Crippen LogP contribution in [0.25, 0.3) is 0 Å². The second-order valence-electron chi connectivity index (χ2n) is 5.01. The van der Waals surface area contributed by atoms with Crippen molar-refractivity contribution >= 4 is 5.82 Å². The molecule has 0 saturated carbocycles. The fraction of sp³-hybridized carbons (Fsp3) is 0.312. The number of hydrogen-bond donors (Lipinski definition) is 1. The van der Waals surface area contributed by atoms with Crippen LogP contribution < -0.4 is 5.32 Å². The normalized spacial score (nSPS) is 11.9. The van der Waals surface area contributed by atoms with Crippen molar-refractivity contribution in [3.05, 3.63) is 54.0 Å². The lowest BCUT2D eigenvalue weighted by Crippen LogP contribution is -2.19. The molecule has 4 heteroatoms. The number of anilines is 1. The molecule has 0 amide bonds. The molecule has 1 unspecified atom stereocenters. The molecule has 0 fully saturated rings. The summed E-state index contributed by atoms with van der Waals surface area (Å²) in [6.07, 6.45) is 3.12. The van der Waals surface area contributed by atoms with Crippen LogP contribution in [0.4, 0.5) is 5.82 Å². The zero-order chi connectivity index (χ0) is 14.4. The molecule has 0 bridgehead atoms. The van der Waals surface area contributed by atoms with Crippen LogP contribution >= 0.6 is 0 Å². The summed E-state index contributed by atoms with van der Waals surface area (Å²) < 4.78 is 0. The number of nitrogens with zero attached hydrogens (tertiary/aromatic N) is 3. The molecule has 102 valence electrons. The molecule has 4 nitrogen and oxygen atoms in total. The predicted molar refractivity (Wildman–Crippen MR) is 79.3 cm³/mol. The first kappa shape index (κ1) is 14.0. The molecule has 1 atom stereocenters. The Morgan fingerprint density at radius 2 is 1.85 bits per heavy atom. The maximum Gasteiger partial charge on any atom is 0.182 e. The lowest BCUT2D eigenvalue weighted by Gasteiger charge is -2.22. The average molecular weight is 266 g/mol. The van der Waals surface area contributed by atoms with Gasteiger partial charge in [0.25, 0.3) is 0 Å². The monoisotopic (exact) mass is 266 g/mol. The first-order valence-corrected chi connectivity index (χ1v) is 6.72.